The molecule has 88 valence electrons. The van der Waals surface area contributed by atoms with Crippen LogP contribution in [0.5, 0.6) is 0 Å². The Kier molecular flexibility index (Phi) is 9.95. The van der Waals surface area contributed by atoms with Gasteiger partial charge in [-0.15, -0.1) is 13.2 Å². The predicted molar refractivity (Wildman–Crippen MR) is 71.8 cm³/mol. The molecule has 0 aliphatic rings. The molecule has 0 unspecified atom stereocenters. The smallest absolute Gasteiger partial charge is 0.184 e. The van der Waals surface area contributed by atoms with Crippen LogP contribution in [0.2, 0.25) is 12.1 Å². The highest BCUT2D eigenvalue weighted by Crippen LogP contribution is 2.14. The quantitative estimate of drug-likeness (QED) is 0.403. The standard InChI is InChI=1S/C13H26OSi/c1-5-9-13(10-6-2)14-15(11-7-3)12-8-4/h7-8,13,15H,3-6,9-12H2,1-2H3. The highest BCUT2D eigenvalue weighted by atomic mass is 28.3. The van der Waals surface area contributed by atoms with E-state index in [-0.39, 0.29) is 0 Å². The number of hydrogen-bond acceptors (Lipinski definition) is 1. The number of allylic oxidation sites excluding steroid dienone is 2. The third-order valence-electron chi connectivity index (χ3n) is 2.47. The van der Waals surface area contributed by atoms with Gasteiger partial charge in [-0.3, -0.25) is 0 Å². The summed E-state index contributed by atoms with van der Waals surface area (Å²) in [6.07, 6.45) is 9.31. The normalized spacial score (nSPS) is 10.9. The first-order valence-corrected chi connectivity index (χ1v) is 8.26. The zero-order valence-electron chi connectivity index (χ0n) is 10.4. The van der Waals surface area contributed by atoms with E-state index in [9.17, 15) is 0 Å². The van der Waals surface area contributed by atoms with Crippen molar-refractivity contribution in [2.75, 3.05) is 0 Å². The van der Waals surface area contributed by atoms with E-state index < -0.39 is 9.04 Å². The zero-order chi connectivity index (χ0) is 11.5. The van der Waals surface area contributed by atoms with Gasteiger partial charge in [-0.1, -0.05) is 38.8 Å². The van der Waals surface area contributed by atoms with Crippen LogP contribution in [0.1, 0.15) is 39.5 Å². The van der Waals surface area contributed by atoms with Crippen LogP contribution in [0, 0.1) is 0 Å². The van der Waals surface area contributed by atoms with Crippen molar-refractivity contribution in [3.63, 3.8) is 0 Å². The number of rotatable bonds is 10. The van der Waals surface area contributed by atoms with Gasteiger partial charge in [-0.2, -0.15) is 0 Å². The largest absolute Gasteiger partial charge is 0.417 e. The lowest BCUT2D eigenvalue weighted by Crippen LogP contribution is -2.24. The average Bonchev–Trinajstić information content (AvgIpc) is 2.19. The molecule has 1 nitrogen and oxygen atoms in total. The second-order valence-electron chi connectivity index (χ2n) is 4.01. The minimum Gasteiger partial charge on any atom is -0.417 e. The molecule has 0 rings (SSSR count). The Labute approximate surface area is 97.0 Å². The van der Waals surface area contributed by atoms with Gasteiger partial charge in [0, 0.05) is 6.10 Å². The maximum absolute atomic E-state index is 6.21. The van der Waals surface area contributed by atoms with Gasteiger partial charge in [0.2, 0.25) is 0 Å². The van der Waals surface area contributed by atoms with Gasteiger partial charge < -0.3 is 4.43 Å². The molecule has 2 heteroatoms. The summed E-state index contributed by atoms with van der Waals surface area (Å²) in [5.74, 6) is 0. The van der Waals surface area contributed by atoms with E-state index in [4.69, 9.17) is 4.43 Å². The Bertz CT molecular complexity index is 152. The van der Waals surface area contributed by atoms with Crippen molar-refractivity contribution in [2.45, 2.75) is 57.7 Å². The van der Waals surface area contributed by atoms with Crippen molar-refractivity contribution >= 4 is 9.04 Å². The second-order valence-corrected chi connectivity index (χ2v) is 6.47. The average molecular weight is 226 g/mol. The molecule has 0 N–H and O–H groups in total. The van der Waals surface area contributed by atoms with Crippen LogP contribution in [0.3, 0.4) is 0 Å². The molecule has 0 saturated carbocycles. The van der Waals surface area contributed by atoms with Gasteiger partial charge in [0.25, 0.3) is 0 Å². The molecule has 0 aromatic heterocycles. The summed E-state index contributed by atoms with van der Waals surface area (Å²) in [5.41, 5.74) is 0. The van der Waals surface area contributed by atoms with Crippen molar-refractivity contribution in [2.24, 2.45) is 0 Å². The molecule has 0 amide bonds. The lowest BCUT2D eigenvalue weighted by Gasteiger charge is -2.22. The first-order valence-electron chi connectivity index (χ1n) is 6.15. The van der Waals surface area contributed by atoms with E-state index in [0.29, 0.717) is 6.10 Å². The summed E-state index contributed by atoms with van der Waals surface area (Å²) in [5, 5.41) is 0. The summed E-state index contributed by atoms with van der Waals surface area (Å²) in [6, 6.07) is 2.13. The zero-order valence-corrected chi connectivity index (χ0v) is 11.5. The topological polar surface area (TPSA) is 9.23 Å². The van der Waals surface area contributed by atoms with Crippen molar-refractivity contribution in [3.8, 4) is 0 Å². The summed E-state index contributed by atoms with van der Waals surface area (Å²) in [6.45, 7) is 12.1. The van der Waals surface area contributed by atoms with Crippen LogP contribution in [-0.4, -0.2) is 15.1 Å². The van der Waals surface area contributed by atoms with E-state index in [1.807, 2.05) is 12.2 Å². The van der Waals surface area contributed by atoms with E-state index in [1.165, 1.54) is 25.7 Å². The fourth-order valence-corrected chi connectivity index (χ4v) is 3.75. The molecule has 0 bridgehead atoms. The molecule has 0 heterocycles. The molecule has 0 fully saturated rings. The Balaban J connectivity index is 4.04. The molecule has 0 aliphatic heterocycles. The molecule has 0 aromatic carbocycles. The van der Waals surface area contributed by atoms with Crippen LogP contribution in [0.4, 0.5) is 0 Å². The third kappa shape index (κ3) is 7.57. The molecule has 0 radical (unpaired) electrons. The molecule has 0 saturated heterocycles. The van der Waals surface area contributed by atoms with Gasteiger partial charge in [0.05, 0.1) is 0 Å². The fourth-order valence-electron chi connectivity index (χ4n) is 1.78. The second kappa shape index (κ2) is 10.2. The Morgan fingerprint density at radius 2 is 1.53 bits per heavy atom. The van der Waals surface area contributed by atoms with Crippen LogP contribution >= 0.6 is 0 Å². The third-order valence-corrected chi connectivity index (χ3v) is 4.95. The van der Waals surface area contributed by atoms with E-state index >= 15 is 0 Å². The molecule has 15 heavy (non-hydrogen) atoms. The Morgan fingerprint density at radius 3 is 1.87 bits per heavy atom. The minimum absolute atomic E-state index is 0.483. The maximum atomic E-state index is 6.21. The first kappa shape index (κ1) is 14.7. The Hall–Kier alpha value is -0.343. The minimum atomic E-state index is -1.09. The fraction of sp³-hybridized carbons (Fsp3) is 0.692. The summed E-state index contributed by atoms with van der Waals surface area (Å²) >= 11 is 0. The highest BCUT2D eigenvalue weighted by molar-refractivity contribution is 6.53. The Morgan fingerprint density at radius 1 is 1.07 bits per heavy atom. The van der Waals surface area contributed by atoms with Crippen LogP contribution < -0.4 is 0 Å². The van der Waals surface area contributed by atoms with E-state index in [0.717, 1.165) is 12.1 Å². The van der Waals surface area contributed by atoms with Crippen molar-refractivity contribution in [1.82, 2.24) is 0 Å². The highest BCUT2D eigenvalue weighted by Gasteiger charge is 2.14. The van der Waals surface area contributed by atoms with Gasteiger partial charge >= 0.3 is 0 Å². The molecule has 0 spiro atoms. The van der Waals surface area contributed by atoms with Gasteiger partial charge in [-0.25, -0.2) is 0 Å². The molecular formula is C13H26OSi. The van der Waals surface area contributed by atoms with E-state index in [1.54, 1.807) is 0 Å². The van der Waals surface area contributed by atoms with Gasteiger partial charge in [0.15, 0.2) is 9.04 Å². The molecule has 0 atom stereocenters. The molecular weight excluding hydrogens is 200 g/mol. The SMILES string of the molecule is C=CC[SiH](CC=C)OC(CCC)CCC. The van der Waals surface area contributed by atoms with Crippen molar-refractivity contribution < 1.29 is 4.43 Å². The lowest BCUT2D eigenvalue weighted by atomic mass is 10.1. The molecule has 0 aromatic rings. The van der Waals surface area contributed by atoms with Crippen molar-refractivity contribution in [1.29, 1.82) is 0 Å². The van der Waals surface area contributed by atoms with Crippen LogP contribution in [0.25, 0.3) is 0 Å². The van der Waals surface area contributed by atoms with Crippen LogP contribution in [0.15, 0.2) is 25.3 Å². The van der Waals surface area contributed by atoms with Gasteiger partial charge in [-0.05, 0) is 24.9 Å². The van der Waals surface area contributed by atoms with Gasteiger partial charge in [0.1, 0.15) is 0 Å². The first-order chi connectivity index (χ1) is 7.28. The number of hydrogen-bond donors (Lipinski definition) is 0. The van der Waals surface area contributed by atoms with Crippen LogP contribution in [-0.2, 0) is 4.43 Å². The molecule has 0 aliphatic carbocycles. The summed E-state index contributed by atoms with van der Waals surface area (Å²) in [4.78, 5) is 0. The maximum Gasteiger partial charge on any atom is 0.184 e. The lowest BCUT2D eigenvalue weighted by molar-refractivity contribution is 0.178. The monoisotopic (exact) mass is 226 g/mol. The summed E-state index contributed by atoms with van der Waals surface area (Å²) < 4.78 is 6.21. The van der Waals surface area contributed by atoms with E-state index in [2.05, 4.69) is 27.0 Å². The predicted octanol–water partition coefficient (Wildman–Crippen LogP) is 4.07. The summed E-state index contributed by atoms with van der Waals surface area (Å²) in [7, 11) is -1.09. The van der Waals surface area contributed by atoms with Crippen molar-refractivity contribution in [3.05, 3.63) is 25.3 Å².